The molecule has 0 saturated carbocycles. The minimum absolute atomic E-state index is 0.334. The van der Waals surface area contributed by atoms with E-state index in [9.17, 15) is 0 Å². The maximum atomic E-state index is 9.14. The molecule has 114 valence electrons. The van der Waals surface area contributed by atoms with E-state index in [0.29, 0.717) is 38.9 Å². The Morgan fingerprint density at radius 3 is 2.45 bits per heavy atom. The van der Waals surface area contributed by atoms with E-state index in [1.54, 1.807) is 6.07 Å². The number of hydrogen-bond acceptors (Lipinski definition) is 7. The zero-order valence-electron chi connectivity index (χ0n) is 10.8. The molecule has 0 fully saturated rings. The van der Waals surface area contributed by atoms with Gasteiger partial charge in [-0.3, -0.25) is 0 Å². The fourth-order valence-corrected chi connectivity index (χ4v) is 7.15. The lowest BCUT2D eigenvalue weighted by molar-refractivity contribution is 0.280. The van der Waals surface area contributed by atoms with Crippen LogP contribution < -0.4 is 0 Å². The van der Waals surface area contributed by atoms with Gasteiger partial charge < -0.3 is 14.3 Å². The number of nitrogens with zero attached hydrogens (tertiary/aromatic N) is 1. The van der Waals surface area contributed by atoms with Crippen LogP contribution in [0, 0.1) is 0 Å². The fraction of sp³-hybridized carbons (Fsp3) is 0.500. The average molecular weight is 394 g/mol. The Morgan fingerprint density at radius 1 is 1.45 bits per heavy atom. The summed E-state index contributed by atoms with van der Waals surface area (Å²) in [5, 5.41) is 12.4. The van der Waals surface area contributed by atoms with E-state index in [-0.39, 0.29) is 0 Å². The molecule has 20 heavy (non-hydrogen) atoms. The second-order valence-electron chi connectivity index (χ2n) is 3.34. The largest absolute Gasteiger partial charge is 0.411 e. The molecule has 0 atom stereocenters. The van der Waals surface area contributed by atoms with E-state index in [1.807, 2.05) is 13.8 Å². The van der Waals surface area contributed by atoms with Gasteiger partial charge in [0.1, 0.15) is 4.34 Å². The lowest BCUT2D eigenvalue weighted by Crippen LogP contribution is -2.05. The summed E-state index contributed by atoms with van der Waals surface area (Å²) in [6, 6.07) is 1.66. The molecular formula is C10H14Cl2NO3PS3. The summed E-state index contributed by atoms with van der Waals surface area (Å²) in [5.41, 5.74) is -1.43. The second kappa shape index (κ2) is 8.96. The van der Waals surface area contributed by atoms with E-state index >= 15 is 0 Å². The van der Waals surface area contributed by atoms with Gasteiger partial charge in [0.2, 0.25) is 5.69 Å². The molecule has 1 aromatic rings. The summed E-state index contributed by atoms with van der Waals surface area (Å²) >= 11 is 19.8. The fourth-order valence-electron chi connectivity index (χ4n) is 1.27. The van der Waals surface area contributed by atoms with Gasteiger partial charge in [0.05, 0.1) is 23.3 Å². The van der Waals surface area contributed by atoms with Crippen LogP contribution in [0.1, 0.15) is 19.4 Å². The molecule has 0 spiro atoms. The van der Waals surface area contributed by atoms with Crippen LogP contribution in [0.3, 0.4) is 0 Å². The van der Waals surface area contributed by atoms with E-state index in [1.165, 1.54) is 22.7 Å². The molecule has 0 amide bonds. The van der Waals surface area contributed by atoms with E-state index in [4.69, 9.17) is 49.3 Å². The number of oxime groups is 1. The van der Waals surface area contributed by atoms with Crippen LogP contribution in [0.15, 0.2) is 11.2 Å². The van der Waals surface area contributed by atoms with Crippen LogP contribution in [0.5, 0.6) is 0 Å². The van der Waals surface area contributed by atoms with Gasteiger partial charge in [-0.05, 0) is 31.7 Å². The highest BCUT2D eigenvalue weighted by Crippen LogP contribution is 2.61. The van der Waals surface area contributed by atoms with Crippen LogP contribution in [0.4, 0.5) is 0 Å². The Bertz CT molecular complexity index is 514. The van der Waals surface area contributed by atoms with Crippen molar-refractivity contribution in [2.75, 3.05) is 19.0 Å². The van der Waals surface area contributed by atoms with Crippen LogP contribution >= 0.6 is 51.6 Å². The van der Waals surface area contributed by atoms with Gasteiger partial charge in [-0.1, -0.05) is 39.7 Å². The van der Waals surface area contributed by atoms with Crippen molar-refractivity contribution in [2.45, 2.75) is 13.8 Å². The van der Waals surface area contributed by atoms with Crippen molar-refractivity contribution >= 4 is 69.1 Å². The first-order valence-corrected chi connectivity index (χ1v) is 11.5. The summed E-state index contributed by atoms with van der Waals surface area (Å²) in [6.07, 6.45) is 0. The maximum Gasteiger partial charge on any atom is 0.247 e. The first kappa shape index (κ1) is 18.7. The first-order chi connectivity index (χ1) is 9.45. The molecule has 0 unspecified atom stereocenters. The first-order valence-electron chi connectivity index (χ1n) is 5.65. The number of halogens is 2. The zero-order valence-corrected chi connectivity index (χ0v) is 15.7. The summed E-state index contributed by atoms with van der Waals surface area (Å²) in [5.74, 6) is 0.334. The molecule has 0 aliphatic rings. The van der Waals surface area contributed by atoms with Gasteiger partial charge in [0.25, 0.3) is 0 Å². The molecule has 1 rings (SSSR count). The molecule has 0 aromatic carbocycles. The molecular weight excluding hydrogens is 380 g/mol. The third-order valence-corrected chi connectivity index (χ3v) is 8.93. The molecule has 1 heterocycles. The third kappa shape index (κ3) is 5.46. The Morgan fingerprint density at radius 2 is 2.05 bits per heavy atom. The van der Waals surface area contributed by atoms with Crippen LogP contribution in [0.2, 0.25) is 8.67 Å². The zero-order chi connectivity index (χ0) is 15.2. The summed E-state index contributed by atoms with van der Waals surface area (Å²) in [4.78, 5) is 0. The number of rotatable bonds is 8. The quantitative estimate of drug-likeness (QED) is 0.282. The lowest BCUT2D eigenvalue weighted by Gasteiger charge is -2.19. The van der Waals surface area contributed by atoms with Crippen molar-refractivity contribution in [1.29, 1.82) is 0 Å². The molecule has 0 bridgehead atoms. The number of hydrogen-bond donors (Lipinski definition) is 1. The van der Waals surface area contributed by atoms with Gasteiger partial charge in [-0.25, -0.2) is 0 Å². The smallest absolute Gasteiger partial charge is 0.247 e. The Labute approximate surface area is 141 Å². The molecule has 0 saturated heterocycles. The normalized spacial score (nSPS) is 12.9. The van der Waals surface area contributed by atoms with Gasteiger partial charge in [-0.15, -0.1) is 11.3 Å². The predicted octanol–water partition coefficient (Wildman–Crippen LogP) is 5.26. The monoisotopic (exact) mass is 393 g/mol. The Balaban J connectivity index is 2.80. The van der Waals surface area contributed by atoms with Gasteiger partial charge in [0, 0.05) is 11.3 Å². The average Bonchev–Trinajstić information content (AvgIpc) is 2.70. The minimum Gasteiger partial charge on any atom is -0.411 e. The van der Waals surface area contributed by atoms with Crippen molar-refractivity contribution in [1.82, 2.24) is 0 Å². The van der Waals surface area contributed by atoms with Crippen molar-refractivity contribution in [3.05, 3.63) is 20.3 Å². The SMILES string of the molecule is CCOP(=S)(OCC)SCC(=NO)c1cc(Cl)sc1Cl. The minimum atomic E-state index is -2.43. The number of thiophene rings is 1. The highest BCUT2D eigenvalue weighted by molar-refractivity contribution is 8.68. The Kier molecular flexibility index (Phi) is 8.38. The van der Waals surface area contributed by atoms with E-state index < -0.39 is 5.69 Å². The second-order valence-corrected chi connectivity index (χ2v) is 11.9. The van der Waals surface area contributed by atoms with Crippen molar-refractivity contribution in [3.8, 4) is 0 Å². The third-order valence-electron chi connectivity index (χ3n) is 2.02. The van der Waals surface area contributed by atoms with E-state index in [2.05, 4.69) is 5.16 Å². The maximum absolute atomic E-state index is 9.14. The van der Waals surface area contributed by atoms with Gasteiger partial charge >= 0.3 is 0 Å². The van der Waals surface area contributed by atoms with Crippen molar-refractivity contribution in [3.63, 3.8) is 0 Å². The highest BCUT2D eigenvalue weighted by Gasteiger charge is 2.22. The molecule has 10 heteroatoms. The van der Waals surface area contributed by atoms with Crippen LogP contribution in [-0.2, 0) is 20.9 Å². The molecule has 0 aliphatic carbocycles. The van der Waals surface area contributed by atoms with Crippen molar-refractivity contribution < 1.29 is 14.3 Å². The van der Waals surface area contributed by atoms with E-state index in [0.717, 1.165) is 0 Å². The van der Waals surface area contributed by atoms with Gasteiger partial charge in [0.15, 0.2) is 0 Å². The molecule has 0 aliphatic heterocycles. The van der Waals surface area contributed by atoms with Crippen LogP contribution in [-0.4, -0.2) is 29.9 Å². The highest BCUT2D eigenvalue weighted by atomic mass is 35.5. The summed E-state index contributed by atoms with van der Waals surface area (Å²) < 4.78 is 12.0. The molecule has 1 N–H and O–H groups in total. The summed E-state index contributed by atoms with van der Waals surface area (Å²) in [6.45, 7) is 4.66. The van der Waals surface area contributed by atoms with Gasteiger partial charge in [-0.2, -0.15) is 0 Å². The topological polar surface area (TPSA) is 51.0 Å². The standard InChI is InChI=1S/C10H14Cl2NO3PS3/c1-3-15-17(18,16-4-2)19-6-8(13-14)7-5-9(11)20-10(7)12/h5,14H,3-4,6H2,1-2H3. The predicted molar refractivity (Wildman–Crippen MR) is 92.7 cm³/mol. The van der Waals surface area contributed by atoms with Crippen molar-refractivity contribution in [2.24, 2.45) is 5.16 Å². The molecule has 1 aromatic heterocycles. The lowest BCUT2D eigenvalue weighted by atomic mass is 10.2. The summed E-state index contributed by atoms with van der Waals surface area (Å²) in [7, 11) is 0. The molecule has 0 radical (unpaired) electrons. The molecule has 4 nitrogen and oxygen atoms in total. The van der Waals surface area contributed by atoms with Crippen LogP contribution in [0.25, 0.3) is 0 Å². The Hall–Kier alpha value is 0.670.